The van der Waals surface area contributed by atoms with Crippen LogP contribution in [0, 0.1) is 20.2 Å². The molecule has 0 saturated carbocycles. The molecule has 42 heavy (non-hydrogen) atoms. The summed E-state index contributed by atoms with van der Waals surface area (Å²) in [5, 5.41) is 23.6. The standard InChI is InChI=1S/C32H22N4O6/c37-31(33(25-11-3-1-4-12-25)27-15-7-9-17-29(27)35(39)40)23-19-21-24(22-20-23)32(38)34(26-13-5-2-6-14-26)28-16-8-10-18-30(28)36(41)42/h1-22H. The Morgan fingerprint density at radius 1 is 0.452 bits per heavy atom. The van der Waals surface area contributed by atoms with Gasteiger partial charge in [0.25, 0.3) is 23.2 Å². The van der Waals surface area contributed by atoms with Crippen molar-refractivity contribution >= 4 is 45.9 Å². The van der Waals surface area contributed by atoms with Crippen LogP contribution in [0.15, 0.2) is 133 Å². The molecular formula is C32H22N4O6. The van der Waals surface area contributed by atoms with E-state index in [9.17, 15) is 29.8 Å². The van der Waals surface area contributed by atoms with E-state index in [1.807, 2.05) is 0 Å². The van der Waals surface area contributed by atoms with Crippen LogP contribution < -0.4 is 9.80 Å². The number of nitro benzene ring substituents is 2. The van der Waals surface area contributed by atoms with Gasteiger partial charge in [0.2, 0.25) is 0 Å². The van der Waals surface area contributed by atoms with E-state index < -0.39 is 21.7 Å². The summed E-state index contributed by atoms with van der Waals surface area (Å²) < 4.78 is 0. The average molecular weight is 559 g/mol. The maximum atomic E-state index is 13.8. The fourth-order valence-electron chi connectivity index (χ4n) is 4.51. The second kappa shape index (κ2) is 11.9. The Labute approximate surface area is 240 Å². The lowest BCUT2D eigenvalue weighted by molar-refractivity contribution is -0.384. The number of carbonyl (C=O) groups excluding carboxylic acids is 2. The van der Waals surface area contributed by atoms with Crippen molar-refractivity contribution in [2.24, 2.45) is 0 Å². The van der Waals surface area contributed by atoms with E-state index in [-0.39, 0.29) is 33.9 Å². The number of benzene rings is 5. The molecule has 0 saturated heterocycles. The lowest BCUT2D eigenvalue weighted by atomic mass is 10.1. The third-order valence-electron chi connectivity index (χ3n) is 6.45. The molecule has 2 amide bonds. The van der Waals surface area contributed by atoms with Crippen LogP contribution in [0.2, 0.25) is 0 Å². The van der Waals surface area contributed by atoms with Gasteiger partial charge in [0.1, 0.15) is 11.4 Å². The van der Waals surface area contributed by atoms with E-state index >= 15 is 0 Å². The quantitative estimate of drug-likeness (QED) is 0.144. The van der Waals surface area contributed by atoms with Crippen LogP contribution in [0.25, 0.3) is 0 Å². The smallest absolute Gasteiger partial charge is 0.270 e. The third kappa shape index (κ3) is 5.45. The molecule has 206 valence electrons. The van der Waals surface area contributed by atoms with Gasteiger partial charge in [-0.05, 0) is 60.7 Å². The Hall–Kier alpha value is -6.16. The Kier molecular flexibility index (Phi) is 7.78. The van der Waals surface area contributed by atoms with Gasteiger partial charge >= 0.3 is 0 Å². The Morgan fingerprint density at radius 3 is 1.10 bits per heavy atom. The molecule has 5 aromatic carbocycles. The average Bonchev–Trinajstić information content (AvgIpc) is 3.02. The molecule has 0 bridgehead atoms. The summed E-state index contributed by atoms with van der Waals surface area (Å²) in [7, 11) is 0. The van der Waals surface area contributed by atoms with Crippen molar-refractivity contribution < 1.29 is 19.4 Å². The van der Waals surface area contributed by atoms with Crippen molar-refractivity contribution in [1.29, 1.82) is 0 Å². The van der Waals surface area contributed by atoms with Gasteiger partial charge < -0.3 is 0 Å². The largest absolute Gasteiger partial charge is 0.293 e. The number of carbonyl (C=O) groups is 2. The number of nitrogens with zero attached hydrogens (tertiary/aromatic N) is 4. The lowest BCUT2D eigenvalue weighted by Crippen LogP contribution is -2.28. The summed E-state index contributed by atoms with van der Waals surface area (Å²) >= 11 is 0. The molecule has 0 spiro atoms. The van der Waals surface area contributed by atoms with Crippen LogP contribution in [0.3, 0.4) is 0 Å². The van der Waals surface area contributed by atoms with Crippen LogP contribution in [-0.2, 0) is 0 Å². The molecule has 0 aliphatic rings. The van der Waals surface area contributed by atoms with Gasteiger partial charge in [-0.1, -0.05) is 60.7 Å². The highest BCUT2D eigenvalue weighted by Gasteiger charge is 2.29. The molecule has 5 aromatic rings. The summed E-state index contributed by atoms with van der Waals surface area (Å²) in [5.41, 5.74) is 0.869. The molecule has 5 rings (SSSR count). The zero-order valence-electron chi connectivity index (χ0n) is 21.9. The van der Waals surface area contributed by atoms with E-state index in [1.165, 1.54) is 70.5 Å². The topological polar surface area (TPSA) is 127 Å². The molecule has 0 unspecified atom stereocenters. The van der Waals surface area contributed by atoms with Crippen LogP contribution >= 0.6 is 0 Å². The van der Waals surface area contributed by atoms with Gasteiger partial charge in [-0.2, -0.15) is 0 Å². The number of amides is 2. The van der Waals surface area contributed by atoms with E-state index in [0.717, 1.165) is 0 Å². The van der Waals surface area contributed by atoms with Crippen molar-refractivity contribution in [3.05, 3.63) is 165 Å². The monoisotopic (exact) mass is 558 g/mol. The zero-order chi connectivity index (χ0) is 29.6. The number of hydrogen-bond donors (Lipinski definition) is 0. The van der Waals surface area contributed by atoms with Crippen molar-refractivity contribution in [2.45, 2.75) is 0 Å². The molecule has 0 fully saturated rings. The molecule has 0 heterocycles. The van der Waals surface area contributed by atoms with Crippen molar-refractivity contribution in [1.82, 2.24) is 0 Å². The molecule has 0 atom stereocenters. The van der Waals surface area contributed by atoms with E-state index in [4.69, 9.17) is 0 Å². The van der Waals surface area contributed by atoms with E-state index in [2.05, 4.69) is 0 Å². The van der Waals surface area contributed by atoms with Gasteiger partial charge in [-0.25, -0.2) is 0 Å². The highest BCUT2D eigenvalue weighted by atomic mass is 16.6. The minimum Gasteiger partial charge on any atom is -0.270 e. The fourth-order valence-corrected chi connectivity index (χ4v) is 4.51. The molecule has 0 radical (unpaired) electrons. The zero-order valence-corrected chi connectivity index (χ0v) is 21.9. The number of hydrogen-bond acceptors (Lipinski definition) is 6. The maximum absolute atomic E-state index is 13.8. The minimum atomic E-state index is -0.554. The number of nitro groups is 2. The maximum Gasteiger partial charge on any atom is 0.293 e. The second-order valence-corrected chi connectivity index (χ2v) is 9.02. The second-order valence-electron chi connectivity index (χ2n) is 9.02. The Bertz CT molecular complexity index is 1640. The van der Waals surface area contributed by atoms with Crippen LogP contribution in [0.1, 0.15) is 20.7 Å². The van der Waals surface area contributed by atoms with Crippen molar-refractivity contribution in [3.63, 3.8) is 0 Å². The molecule has 0 aliphatic carbocycles. The first-order valence-electron chi connectivity index (χ1n) is 12.7. The highest BCUT2D eigenvalue weighted by molar-refractivity contribution is 6.14. The molecule has 0 aromatic heterocycles. The number of rotatable bonds is 8. The van der Waals surface area contributed by atoms with Crippen molar-refractivity contribution in [2.75, 3.05) is 9.80 Å². The summed E-state index contributed by atoms with van der Waals surface area (Å²) in [4.78, 5) is 52.6. The van der Waals surface area contributed by atoms with Crippen LogP contribution in [0.4, 0.5) is 34.1 Å². The van der Waals surface area contributed by atoms with Gasteiger partial charge in [0.15, 0.2) is 0 Å². The van der Waals surface area contributed by atoms with Crippen LogP contribution in [0.5, 0.6) is 0 Å². The summed E-state index contributed by atoms with van der Waals surface area (Å²) in [5.74, 6) is -1.10. The Morgan fingerprint density at radius 2 is 0.762 bits per heavy atom. The predicted molar refractivity (Wildman–Crippen MR) is 158 cm³/mol. The fraction of sp³-hybridized carbons (Fsp3) is 0. The summed E-state index contributed by atoms with van der Waals surface area (Å²) in [6.45, 7) is 0. The summed E-state index contributed by atoms with van der Waals surface area (Å²) in [6.07, 6.45) is 0. The van der Waals surface area contributed by atoms with Crippen molar-refractivity contribution in [3.8, 4) is 0 Å². The van der Waals surface area contributed by atoms with E-state index in [1.54, 1.807) is 72.8 Å². The molecular weight excluding hydrogens is 536 g/mol. The number of para-hydroxylation sites is 6. The highest BCUT2D eigenvalue weighted by Crippen LogP contribution is 2.36. The molecule has 10 nitrogen and oxygen atoms in total. The van der Waals surface area contributed by atoms with Gasteiger partial charge in [-0.3, -0.25) is 39.6 Å². The van der Waals surface area contributed by atoms with Gasteiger partial charge in [0, 0.05) is 34.6 Å². The minimum absolute atomic E-state index is 0.0884. The predicted octanol–water partition coefficient (Wildman–Crippen LogP) is 7.46. The van der Waals surface area contributed by atoms with Gasteiger partial charge in [0.05, 0.1) is 9.85 Å². The molecule has 0 aliphatic heterocycles. The first-order valence-corrected chi connectivity index (χ1v) is 12.7. The Balaban J connectivity index is 1.54. The van der Waals surface area contributed by atoms with Crippen LogP contribution in [-0.4, -0.2) is 21.7 Å². The SMILES string of the molecule is O=C(c1ccc(C(=O)N(c2ccccc2)c2ccccc2[N+](=O)[O-])cc1)N(c1ccccc1)c1ccccc1[N+](=O)[O-]. The van der Waals surface area contributed by atoms with E-state index in [0.29, 0.717) is 11.4 Å². The third-order valence-corrected chi connectivity index (χ3v) is 6.45. The molecule has 10 heteroatoms. The van der Waals surface area contributed by atoms with Gasteiger partial charge in [-0.15, -0.1) is 0 Å². The first-order chi connectivity index (χ1) is 20.4. The lowest BCUT2D eigenvalue weighted by Gasteiger charge is -2.24. The normalized spacial score (nSPS) is 10.5. The molecule has 0 N–H and O–H groups in total. The summed E-state index contributed by atoms with van der Waals surface area (Å²) in [6, 6.07) is 34.7. The number of anilines is 4. The first kappa shape index (κ1) is 27.4.